The smallest absolute Gasteiger partial charge is 0.136 e. The summed E-state index contributed by atoms with van der Waals surface area (Å²) in [5, 5.41) is 6.51. The van der Waals surface area contributed by atoms with Crippen LogP contribution >= 0.6 is 15.9 Å². The van der Waals surface area contributed by atoms with Gasteiger partial charge in [-0.3, -0.25) is 0 Å². The molecule has 0 atom stereocenters. The Hall–Kier alpha value is -1.66. The number of nitrogens with one attached hydrogen (secondary N) is 2. The van der Waals surface area contributed by atoms with Crippen LogP contribution in [0.15, 0.2) is 34.8 Å². The van der Waals surface area contributed by atoms with Crippen molar-refractivity contribution in [3.63, 3.8) is 0 Å². The molecule has 1 heterocycles. The molecule has 0 bridgehead atoms. The van der Waals surface area contributed by atoms with Gasteiger partial charge in [0.05, 0.1) is 0 Å². The molecule has 1 aromatic heterocycles. The molecule has 1 aromatic carbocycles. The summed E-state index contributed by atoms with van der Waals surface area (Å²) in [4.78, 5) is 8.73. The number of hydrogen-bond donors (Lipinski definition) is 3. The monoisotopic (exact) mass is 335 g/mol. The van der Waals surface area contributed by atoms with Crippen LogP contribution in [-0.4, -0.2) is 23.1 Å². The summed E-state index contributed by atoms with van der Waals surface area (Å²) in [5.74, 6) is 2.31. The molecular weight excluding hydrogens is 318 g/mol. The zero-order valence-electron chi connectivity index (χ0n) is 11.4. The van der Waals surface area contributed by atoms with E-state index in [-0.39, 0.29) is 0 Å². The molecule has 0 aliphatic rings. The molecule has 4 N–H and O–H groups in total. The molecule has 0 spiro atoms. The highest BCUT2D eigenvalue weighted by Gasteiger charge is 2.02. The van der Waals surface area contributed by atoms with Gasteiger partial charge in [-0.15, -0.1) is 0 Å². The van der Waals surface area contributed by atoms with Crippen molar-refractivity contribution >= 4 is 33.3 Å². The van der Waals surface area contributed by atoms with Crippen molar-refractivity contribution in [2.75, 3.05) is 23.7 Å². The highest BCUT2D eigenvalue weighted by molar-refractivity contribution is 9.10. The fourth-order valence-electron chi connectivity index (χ4n) is 1.72. The van der Waals surface area contributed by atoms with Gasteiger partial charge in [0.1, 0.15) is 17.5 Å². The topological polar surface area (TPSA) is 75.9 Å². The number of aromatic nitrogens is 2. The van der Waals surface area contributed by atoms with Crippen molar-refractivity contribution in [2.24, 2.45) is 5.73 Å². The quantitative estimate of drug-likeness (QED) is 0.707. The first-order valence-corrected chi connectivity index (χ1v) is 7.29. The fraction of sp³-hybridized carbons (Fsp3) is 0.286. The second kappa shape index (κ2) is 7.21. The van der Waals surface area contributed by atoms with E-state index >= 15 is 0 Å². The number of hydrogen-bond acceptors (Lipinski definition) is 5. The summed E-state index contributed by atoms with van der Waals surface area (Å²) in [6.45, 7) is 3.35. The third-order valence-corrected chi connectivity index (χ3v) is 3.17. The molecule has 0 aliphatic carbocycles. The van der Waals surface area contributed by atoms with E-state index in [1.807, 2.05) is 37.3 Å². The van der Waals surface area contributed by atoms with Crippen LogP contribution in [0.2, 0.25) is 0 Å². The predicted molar refractivity (Wildman–Crippen MR) is 86.4 cm³/mol. The molecule has 0 amide bonds. The molecule has 0 radical (unpaired) electrons. The maximum atomic E-state index is 5.48. The van der Waals surface area contributed by atoms with Gasteiger partial charge in [0.25, 0.3) is 0 Å². The van der Waals surface area contributed by atoms with Crippen LogP contribution in [0.1, 0.15) is 12.2 Å². The Labute approximate surface area is 127 Å². The van der Waals surface area contributed by atoms with Crippen LogP contribution in [-0.2, 0) is 0 Å². The highest BCUT2D eigenvalue weighted by Crippen LogP contribution is 2.19. The lowest BCUT2D eigenvalue weighted by Crippen LogP contribution is -2.10. The molecule has 0 saturated carbocycles. The lowest BCUT2D eigenvalue weighted by atomic mass is 10.3. The summed E-state index contributed by atoms with van der Waals surface area (Å²) in [6.07, 6.45) is 0.915. The van der Waals surface area contributed by atoms with E-state index in [1.54, 1.807) is 0 Å². The molecule has 0 unspecified atom stereocenters. The van der Waals surface area contributed by atoms with Crippen LogP contribution in [0, 0.1) is 6.92 Å². The van der Waals surface area contributed by atoms with Crippen LogP contribution in [0.25, 0.3) is 0 Å². The van der Waals surface area contributed by atoms with Crippen molar-refractivity contribution in [1.29, 1.82) is 0 Å². The summed E-state index contributed by atoms with van der Waals surface area (Å²) < 4.78 is 1.05. The molecule has 6 heteroatoms. The fourth-order valence-corrected chi connectivity index (χ4v) is 1.99. The van der Waals surface area contributed by atoms with Gasteiger partial charge >= 0.3 is 0 Å². The first-order chi connectivity index (χ1) is 9.67. The number of halogens is 1. The highest BCUT2D eigenvalue weighted by atomic mass is 79.9. The van der Waals surface area contributed by atoms with Gasteiger partial charge in [0.2, 0.25) is 0 Å². The van der Waals surface area contributed by atoms with Crippen LogP contribution in [0.5, 0.6) is 0 Å². The van der Waals surface area contributed by atoms with Crippen LogP contribution in [0.4, 0.5) is 17.3 Å². The van der Waals surface area contributed by atoms with Crippen molar-refractivity contribution in [3.05, 3.63) is 40.6 Å². The summed E-state index contributed by atoms with van der Waals surface area (Å²) in [7, 11) is 0. The van der Waals surface area contributed by atoms with Gasteiger partial charge in [-0.05, 0) is 44.2 Å². The van der Waals surface area contributed by atoms with Crippen molar-refractivity contribution < 1.29 is 0 Å². The molecular formula is C14H18BrN5. The van der Waals surface area contributed by atoms with Gasteiger partial charge in [0, 0.05) is 22.8 Å². The average molecular weight is 336 g/mol. The Bertz CT molecular complexity index is 556. The number of aryl methyl sites for hydroxylation is 1. The van der Waals surface area contributed by atoms with Crippen LogP contribution in [0.3, 0.4) is 0 Å². The van der Waals surface area contributed by atoms with E-state index in [0.29, 0.717) is 6.54 Å². The third kappa shape index (κ3) is 4.47. The van der Waals surface area contributed by atoms with E-state index in [1.165, 1.54) is 0 Å². The van der Waals surface area contributed by atoms with E-state index in [4.69, 9.17) is 5.73 Å². The minimum Gasteiger partial charge on any atom is -0.370 e. The number of benzene rings is 1. The van der Waals surface area contributed by atoms with E-state index in [0.717, 1.165) is 40.6 Å². The second-order valence-electron chi connectivity index (χ2n) is 4.39. The SMILES string of the molecule is Cc1nc(NCCCN)cc(Nc2ccc(Br)cc2)n1. The normalized spacial score (nSPS) is 10.3. The average Bonchev–Trinajstić information content (AvgIpc) is 2.41. The van der Waals surface area contributed by atoms with Gasteiger partial charge in [-0.1, -0.05) is 15.9 Å². The van der Waals surface area contributed by atoms with Gasteiger partial charge in [0.15, 0.2) is 0 Å². The van der Waals surface area contributed by atoms with Crippen LogP contribution < -0.4 is 16.4 Å². The molecule has 5 nitrogen and oxygen atoms in total. The number of nitrogens with zero attached hydrogens (tertiary/aromatic N) is 2. The Morgan fingerprint density at radius 1 is 1.15 bits per heavy atom. The third-order valence-electron chi connectivity index (χ3n) is 2.64. The lowest BCUT2D eigenvalue weighted by Gasteiger charge is -2.10. The van der Waals surface area contributed by atoms with E-state index < -0.39 is 0 Å². The standard InChI is InChI=1S/C14H18BrN5/c1-10-18-13(17-8-2-7-16)9-14(19-10)20-12-5-3-11(15)4-6-12/h3-6,9H,2,7-8,16H2,1H3,(H2,17,18,19,20). The van der Waals surface area contributed by atoms with Gasteiger partial charge < -0.3 is 16.4 Å². The van der Waals surface area contributed by atoms with Gasteiger partial charge in [-0.2, -0.15) is 0 Å². The maximum Gasteiger partial charge on any atom is 0.136 e. The summed E-state index contributed by atoms with van der Waals surface area (Å²) in [5.41, 5.74) is 6.46. The molecule has 0 aliphatic heterocycles. The molecule has 20 heavy (non-hydrogen) atoms. The van der Waals surface area contributed by atoms with Gasteiger partial charge in [-0.25, -0.2) is 9.97 Å². The molecule has 0 saturated heterocycles. The number of rotatable bonds is 6. The summed E-state index contributed by atoms with van der Waals surface area (Å²) >= 11 is 3.42. The minimum absolute atomic E-state index is 0.668. The Morgan fingerprint density at radius 2 is 1.85 bits per heavy atom. The molecule has 2 aromatic rings. The van der Waals surface area contributed by atoms with Crippen molar-refractivity contribution in [3.8, 4) is 0 Å². The number of nitrogens with two attached hydrogens (primary N) is 1. The van der Waals surface area contributed by atoms with E-state index in [9.17, 15) is 0 Å². The first-order valence-electron chi connectivity index (χ1n) is 6.49. The zero-order valence-corrected chi connectivity index (χ0v) is 12.9. The summed E-state index contributed by atoms with van der Waals surface area (Å²) in [6, 6.07) is 9.84. The Kier molecular flexibility index (Phi) is 5.31. The Morgan fingerprint density at radius 3 is 2.55 bits per heavy atom. The van der Waals surface area contributed by atoms with Crippen molar-refractivity contribution in [1.82, 2.24) is 9.97 Å². The van der Waals surface area contributed by atoms with Crippen molar-refractivity contribution in [2.45, 2.75) is 13.3 Å². The Balaban J connectivity index is 2.09. The lowest BCUT2D eigenvalue weighted by molar-refractivity contribution is 0.867. The molecule has 2 rings (SSSR count). The first kappa shape index (κ1) is 14.7. The largest absolute Gasteiger partial charge is 0.370 e. The second-order valence-corrected chi connectivity index (χ2v) is 5.30. The zero-order chi connectivity index (χ0) is 14.4. The number of anilines is 3. The minimum atomic E-state index is 0.668. The predicted octanol–water partition coefficient (Wildman–Crippen LogP) is 3.05. The molecule has 106 valence electrons. The maximum absolute atomic E-state index is 5.48. The van der Waals surface area contributed by atoms with E-state index in [2.05, 4.69) is 36.5 Å². The molecule has 0 fully saturated rings.